The van der Waals surface area contributed by atoms with Crippen LogP contribution in [0.15, 0.2) is 23.4 Å². The molecule has 0 saturated heterocycles. The number of benzene rings is 1. The lowest BCUT2D eigenvalue weighted by molar-refractivity contribution is 0.200. The van der Waals surface area contributed by atoms with E-state index in [2.05, 4.69) is 5.16 Å². The Morgan fingerprint density at radius 2 is 2.21 bits per heavy atom. The van der Waals surface area contributed by atoms with Gasteiger partial charge >= 0.3 is 0 Å². The molecule has 0 bridgehead atoms. The molecular weight excluding hydrogens is 264 g/mol. The summed E-state index contributed by atoms with van der Waals surface area (Å²) in [4.78, 5) is 0. The maximum atomic E-state index is 8.69. The Morgan fingerprint density at radius 3 is 2.84 bits per heavy atom. The largest absolute Gasteiger partial charge is 0.496 e. The minimum absolute atomic E-state index is 0.0520. The molecule has 19 heavy (non-hydrogen) atoms. The van der Waals surface area contributed by atoms with Gasteiger partial charge in [0.05, 0.1) is 12.7 Å². The molecule has 0 amide bonds. The van der Waals surface area contributed by atoms with Gasteiger partial charge in [0.15, 0.2) is 5.84 Å². The van der Waals surface area contributed by atoms with Gasteiger partial charge in [-0.25, -0.2) is 0 Å². The van der Waals surface area contributed by atoms with E-state index in [1.54, 1.807) is 20.3 Å². The third-order valence-electron chi connectivity index (χ3n) is 2.56. The summed E-state index contributed by atoms with van der Waals surface area (Å²) in [7, 11) is 3.28. The Labute approximate surface area is 117 Å². The van der Waals surface area contributed by atoms with Gasteiger partial charge in [-0.1, -0.05) is 11.2 Å². The van der Waals surface area contributed by atoms with E-state index in [0.717, 1.165) is 30.1 Å². The third-order valence-corrected chi connectivity index (χ3v) is 3.67. The Kier molecular flexibility index (Phi) is 7.14. The van der Waals surface area contributed by atoms with Gasteiger partial charge in [-0.05, 0) is 29.9 Å². The smallest absolute Gasteiger partial charge is 0.173 e. The van der Waals surface area contributed by atoms with Crippen LogP contribution in [-0.2, 0) is 10.5 Å². The van der Waals surface area contributed by atoms with Crippen molar-refractivity contribution in [1.29, 1.82) is 0 Å². The summed E-state index contributed by atoms with van der Waals surface area (Å²) in [5.74, 6) is 2.62. The maximum absolute atomic E-state index is 8.69. The Bertz CT molecular complexity index is 424. The van der Waals surface area contributed by atoms with Gasteiger partial charge in [-0.3, -0.25) is 0 Å². The normalized spacial score (nSPS) is 11.6. The fraction of sp³-hybridized carbons (Fsp3) is 0.462. The van der Waals surface area contributed by atoms with E-state index in [0.29, 0.717) is 11.3 Å². The number of ether oxygens (including phenoxy) is 2. The quantitative estimate of drug-likeness (QED) is 0.251. The van der Waals surface area contributed by atoms with E-state index >= 15 is 0 Å². The first kappa shape index (κ1) is 15.7. The highest BCUT2D eigenvalue weighted by atomic mass is 32.2. The molecule has 0 fully saturated rings. The first-order valence-corrected chi connectivity index (χ1v) is 7.10. The number of methoxy groups -OCH3 is 2. The van der Waals surface area contributed by atoms with Gasteiger partial charge in [0, 0.05) is 19.5 Å². The predicted octanol–water partition coefficient (Wildman–Crippen LogP) is 2.06. The highest BCUT2D eigenvalue weighted by Crippen LogP contribution is 2.23. The standard InChI is InChI=1S/C13H20N2O3S/c1-17-6-3-7-19-9-10-4-5-11(13(14)15-16)12(8-10)18-2/h4-5,8,16H,3,6-7,9H2,1-2H3,(H2,14,15). The van der Waals surface area contributed by atoms with E-state index in [1.165, 1.54) is 0 Å². The van der Waals surface area contributed by atoms with Crippen LogP contribution in [0.4, 0.5) is 0 Å². The molecule has 0 saturated carbocycles. The number of nitrogens with zero attached hydrogens (tertiary/aromatic N) is 1. The van der Waals surface area contributed by atoms with Gasteiger partial charge in [0.1, 0.15) is 5.75 Å². The predicted molar refractivity (Wildman–Crippen MR) is 78.2 cm³/mol. The summed E-state index contributed by atoms with van der Waals surface area (Å²) < 4.78 is 10.3. The molecule has 0 heterocycles. The van der Waals surface area contributed by atoms with Crippen molar-refractivity contribution in [2.75, 3.05) is 26.6 Å². The SMILES string of the molecule is COCCCSCc1ccc(/C(N)=N/O)c(OC)c1. The molecule has 0 spiro atoms. The monoisotopic (exact) mass is 284 g/mol. The molecule has 5 nitrogen and oxygen atoms in total. The minimum atomic E-state index is 0.0520. The molecule has 106 valence electrons. The number of rotatable bonds is 8. The highest BCUT2D eigenvalue weighted by Gasteiger charge is 2.08. The lowest BCUT2D eigenvalue weighted by atomic mass is 10.1. The van der Waals surface area contributed by atoms with Crippen molar-refractivity contribution >= 4 is 17.6 Å². The second kappa shape index (κ2) is 8.66. The summed E-state index contributed by atoms with van der Waals surface area (Å²) in [5, 5.41) is 11.7. The Hall–Kier alpha value is -1.40. The van der Waals surface area contributed by atoms with Crippen molar-refractivity contribution in [2.45, 2.75) is 12.2 Å². The van der Waals surface area contributed by atoms with Crippen molar-refractivity contribution in [3.05, 3.63) is 29.3 Å². The first-order chi connectivity index (χ1) is 9.22. The van der Waals surface area contributed by atoms with Crippen LogP contribution in [0.25, 0.3) is 0 Å². The van der Waals surface area contributed by atoms with Gasteiger partial charge in [0.2, 0.25) is 0 Å². The van der Waals surface area contributed by atoms with Crippen LogP contribution >= 0.6 is 11.8 Å². The second-order valence-electron chi connectivity index (χ2n) is 3.92. The molecule has 0 aromatic heterocycles. The zero-order chi connectivity index (χ0) is 14.1. The Morgan fingerprint density at radius 1 is 1.42 bits per heavy atom. The van der Waals surface area contributed by atoms with Crippen LogP contribution in [0.5, 0.6) is 5.75 Å². The van der Waals surface area contributed by atoms with Crippen LogP contribution in [0.3, 0.4) is 0 Å². The van der Waals surface area contributed by atoms with Gasteiger partial charge in [-0.2, -0.15) is 11.8 Å². The van der Waals surface area contributed by atoms with E-state index in [9.17, 15) is 0 Å². The fourth-order valence-electron chi connectivity index (χ4n) is 1.59. The van der Waals surface area contributed by atoms with E-state index < -0.39 is 0 Å². The number of oxime groups is 1. The molecule has 0 radical (unpaired) electrons. The average Bonchev–Trinajstić information content (AvgIpc) is 2.46. The number of amidine groups is 1. The van der Waals surface area contributed by atoms with Crippen molar-refractivity contribution < 1.29 is 14.7 Å². The van der Waals surface area contributed by atoms with Gasteiger partial charge in [-0.15, -0.1) is 0 Å². The zero-order valence-electron chi connectivity index (χ0n) is 11.3. The van der Waals surface area contributed by atoms with Gasteiger partial charge in [0.25, 0.3) is 0 Å². The molecule has 0 aliphatic rings. The summed E-state index contributed by atoms with van der Waals surface area (Å²) in [5.41, 5.74) is 7.32. The molecule has 3 N–H and O–H groups in total. The molecule has 6 heteroatoms. The van der Waals surface area contributed by atoms with Crippen molar-refractivity contribution in [1.82, 2.24) is 0 Å². The number of hydrogen-bond acceptors (Lipinski definition) is 5. The molecule has 0 aliphatic heterocycles. The number of hydrogen-bond donors (Lipinski definition) is 2. The van der Waals surface area contributed by atoms with E-state index in [4.69, 9.17) is 20.4 Å². The maximum Gasteiger partial charge on any atom is 0.173 e. The van der Waals surface area contributed by atoms with Crippen LogP contribution in [0, 0.1) is 0 Å². The minimum Gasteiger partial charge on any atom is -0.496 e. The average molecular weight is 284 g/mol. The zero-order valence-corrected chi connectivity index (χ0v) is 12.1. The van der Waals surface area contributed by atoms with Gasteiger partial charge < -0.3 is 20.4 Å². The summed E-state index contributed by atoms with van der Waals surface area (Å²) >= 11 is 1.84. The second-order valence-corrected chi connectivity index (χ2v) is 5.02. The molecule has 1 rings (SSSR count). The molecule has 0 aliphatic carbocycles. The van der Waals surface area contributed by atoms with Crippen molar-refractivity contribution in [2.24, 2.45) is 10.9 Å². The van der Waals surface area contributed by atoms with Crippen molar-refractivity contribution in [3.63, 3.8) is 0 Å². The number of thioether (sulfide) groups is 1. The first-order valence-electron chi connectivity index (χ1n) is 5.94. The van der Waals surface area contributed by atoms with Crippen molar-refractivity contribution in [3.8, 4) is 5.75 Å². The lowest BCUT2D eigenvalue weighted by Crippen LogP contribution is -2.14. The number of nitrogens with two attached hydrogens (primary N) is 1. The van der Waals surface area contributed by atoms with E-state index in [1.807, 2.05) is 23.9 Å². The van der Waals surface area contributed by atoms with E-state index in [-0.39, 0.29) is 5.84 Å². The molecular formula is C13H20N2O3S. The van der Waals surface area contributed by atoms with Crippen LogP contribution in [0.1, 0.15) is 17.5 Å². The molecule has 0 unspecified atom stereocenters. The third kappa shape index (κ3) is 5.00. The molecule has 1 aromatic rings. The highest BCUT2D eigenvalue weighted by molar-refractivity contribution is 7.98. The topological polar surface area (TPSA) is 77.1 Å². The van der Waals surface area contributed by atoms with Crippen LogP contribution in [0.2, 0.25) is 0 Å². The van der Waals surface area contributed by atoms with Crippen LogP contribution < -0.4 is 10.5 Å². The summed E-state index contributed by atoms with van der Waals surface area (Å²) in [6.07, 6.45) is 1.04. The molecule has 0 atom stereocenters. The van der Waals surface area contributed by atoms with Crippen LogP contribution in [-0.4, -0.2) is 37.6 Å². The molecule has 1 aromatic carbocycles. The summed E-state index contributed by atoms with van der Waals surface area (Å²) in [6.45, 7) is 0.790. The summed E-state index contributed by atoms with van der Waals surface area (Å²) in [6, 6.07) is 5.68. The fourth-order valence-corrected chi connectivity index (χ4v) is 2.47. The Balaban J connectivity index is 2.62. The lowest BCUT2D eigenvalue weighted by Gasteiger charge is -2.09.